The first-order valence-electron chi connectivity index (χ1n) is 10.1. The first kappa shape index (κ1) is 20.3. The third-order valence-electron chi connectivity index (χ3n) is 5.50. The number of nitrogens with zero attached hydrogens (tertiary/aromatic N) is 5. The van der Waals surface area contributed by atoms with Gasteiger partial charge in [-0.2, -0.15) is 5.10 Å². The van der Waals surface area contributed by atoms with E-state index in [0.717, 1.165) is 17.7 Å². The van der Waals surface area contributed by atoms with Gasteiger partial charge in [0.25, 0.3) is 10.0 Å². The summed E-state index contributed by atoms with van der Waals surface area (Å²) in [6.45, 7) is 1.27. The van der Waals surface area contributed by atoms with Crippen LogP contribution in [-0.2, 0) is 30.0 Å². The number of rotatable bonds is 5. The Balaban J connectivity index is 1.56. The summed E-state index contributed by atoms with van der Waals surface area (Å²) >= 11 is 0. The van der Waals surface area contributed by atoms with E-state index in [1.807, 2.05) is 42.5 Å². The van der Waals surface area contributed by atoms with Gasteiger partial charge in [-0.1, -0.05) is 18.2 Å². The third-order valence-corrected chi connectivity index (χ3v) is 6.79. The Morgan fingerprint density at radius 1 is 1.06 bits per heavy atom. The summed E-state index contributed by atoms with van der Waals surface area (Å²) in [6.07, 6.45) is 3.54. The predicted molar refractivity (Wildman–Crippen MR) is 121 cm³/mol. The maximum absolute atomic E-state index is 13.0. The fourth-order valence-corrected chi connectivity index (χ4v) is 4.83. The number of aromatic nitrogens is 4. The molecule has 4 aromatic rings. The lowest BCUT2D eigenvalue weighted by atomic mass is 9.99. The van der Waals surface area contributed by atoms with Crippen LogP contribution in [0.2, 0.25) is 0 Å². The maximum atomic E-state index is 13.0. The zero-order chi connectivity index (χ0) is 22.3. The molecule has 5 rings (SSSR count). The molecule has 0 fully saturated rings. The molecule has 1 aliphatic rings. The Hall–Kier alpha value is -3.66. The van der Waals surface area contributed by atoms with Crippen molar-refractivity contribution < 1.29 is 13.2 Å². The van der Waals surface area contributed by atoms with Crippen LogP contribution in [-0.4, -0.2) is 41.8 Å². The molecule has 9 nitrogen and oxygen atoms in total. The molecule has 2 aromatic carbocycles. The molecule has 1 N–H and O–H groups in total. The molecule has 0 atom stereocenters. The van der Waals surface area contributed by atoms with E-state index >= 15 is 0 Å². The van der Waals surface area contributed by atoms with Crippen molar-refractivity contribution in [2.75, 3.05) is 23.3 Å². The van der Waals surface area contributed by atoms with Crippen molar-refractivity contribution in [1.29, 1.82) is 0 Å². The van der Waals surface area contributed by atoms with Crippen LogP contribution < -0.4 is 14.4 Å². The van der Waals surface area contributed by atoms with E-state index in [0.29, 0.717) is 29.9 Å². The molecule has 164 valence electrons. The van der Waals surface area contributed by atoms with Crippen molar-refractivity contribution in [2.45, 2.75) is 17.9 Å². The molecular weight excluding hydrogens is 428 g/mol. The highest BCUT2D eigenvalue weighted by Gasteiger charge is 2.25. The number of hydrogen-bond acceptors (Lipinski definition) is 7. The maximum Gasteiger partial charge on any atom is 0.266 e. The van der Waals surface area contributed by atoms with Crippen molar-refractivity contribution in [2.24, 2.45) is 7.05 Å². The topological polar surface area (TPSA) is 102 Å². The summed E-state index contributed by atoms with van der Waals surface area (Å²) in [6, 6.07) is 13.4. The standard InChI is InChI=1S/C22H22N6O3S/c1-27-14-18(12-23-27)32(29,30)26-21-22(25-20-6-4-3-5-19(20)24-21)28-10-9-15-11-17(31-2)8-7-16(15)13-28/h3-8,11-12,14H,9-10,13H2,1-2H3,(H,24,26). The van der Waals surface area contributed by atoms with Crippen LogP contribution in [0.25, 0.3) is 11.0 Å². The van der Waals surface area contributed by atoms with Gasteiger partial charge in [0, 0.05) is 26.3 Å². The Kier molecular flexibility index (Phi) is 4.93. The number of methoxy groups -OCH3 is 1. The van der Waals surface area contributed by atoms with E-state index < -0.39 is 10.0 Å². The molecule has 0 aliphatic carbocycles. The van der Waals surface area contributed by atoms with Gasteiger partial charge >= 0.3 is 0 Å². The lowest BCUT2D eigenvalue weighted by Crippen LogP contribution is -2.32. The highest BCUT2D eigenvalue weighted by molar-refractivity contribution is 7.92. The molecule has 0 bridgehead atoms. The van der Waals surface area contributed by atoms with Crippen LogP contribution in [0.15, 0.2) is 59.8 Å². The molecule has 2 aromatic heterocycles. The zero-order valence-corrected chi connectivity index (χ0v) is 18.5. The number of benzene rings is 2. The minimum Gasteiger partial charge on any atom is -0.497 e. The van der Waals surface area contributed by atoms with E-state index in [-0.39, 0.29) is 10.7 Å². The van der Waals surface area contributed by atoms with E-state index in [1.165, 1.54) is 22.6 Å². The van der Waals surface area contributed by atoms with E-state index in [2.05, 4.69) is 19.7 Å². The van der Waals surface area contributed by atoms with Gasteiger partial charge < -0.3 is 9.64 Å². The average molecular weight is 451 g/mol. The van der Waals surface area contributed by atoms with Crippen molar-refractivity contribution in [1.82, 2.24) is 19.7 Å². The minimum absolute atomic E-state index is 0.0667. The number of nitrogens with one attached hydrogen (secondary N) is 1. The average Bonchev–Trinajstić information content (AvgIpc) is 3.25. The number of sulfonamides is 1. The molecule has 1 aliphatic heterocycles. The first-order chi connectivity index (χ1) is 15.4. The zero-order valence-electron chi connectivity index (χ0n) is 17.7. The van der Waals surface area contributed by atoms with Crippen molar-refractivity contribution in [3.63, 3.8) is 0 Å². The Labute approximate surface area is 185 Å². The molecule has 32 heavy (non-hydrogen) atoms. The second-order valence-electron chi connectivity index (χ2n) is 7.65. The number of hydrogen-bond donors (Lipinski definition) is 1. The van der Waals surface area contributed by atoms with E-state index in [4.69, 9.17) is 9.72 Å². The van der Waals surface area contributed by atoms with Crippen molar-refractivity contribution in [3.8, 4) is 5.75 Å². The lowest BCUT2D eigenvalue weighted by Gasteiger charge is -2.31. The van der Waals surface area contributed by atoms with Gasteiger partial charge in [0.05, 0.1) is 24.3 Å². The van der Waals surface area contributed by atoms with Gasteiger partial charge in [-0.15, -0.1) is 0 Å². The highest BCUT2D eigenvalue weighted by atomic mass is 32.2. The molecule has 3 heterocycles. The lowest BCUT2D eigenvalue weighted by molar-refractivity contribution is 0.413. The van der Waals surface area contributed by atoms with Gasteiger partial charge in [0.2, 0.25) is 0 Å². The molecule has 0 spiro atoms. The van der Waals surface area contributed by atoms with Gasteiger partial charge in [-0.05, 0) is 41.8 Å². The molecule has 10 heteroatoms. The second kappa shape index (κ2) is 7.79. The Bertz CT molecular complexity index is 1420. The molecule has 0 amide bonds. The summed E-state index contributed by atoms with van der Waals surface area (Å²) in [5.74, 6) is 1.52. The van der Waals surface area contributed by atoms with Crippen LogP contribution in [0.4, 0.5) is 11.6 Å². The third kappa shape index (κ3) is 3.73. The Morgan fingerprint density at radius 3 is 2.56 bits per heavy atom. The number of aryl methyl sites for hydroxylation is 1. The smallest absolute Gasteiger partial charge is 0.266 e. The van der Waals surface area contributed by atoms with Crippen LogP contribution in [0.5, 0.6) is 5.75 Å². The molecule has 0 radical (unpaired) electrons. The van der Waals surface area contributed by atoms with Gasteiger partial charge in [-0.25, -0.2) is 18.4 Å². The number of para-hydroxylation sites is 2. The molecule has 0 unspecified atom stereocenters. The van der Waals surface area contributed by atoms with Crippen LogP contribution in [0.1, 0.15) is 11.1 Å². The van der Waals surface area contributed by atoms with Crippen LogP contribution in [0, 0.1) is 0 Å². The van der Waals surface area contributed by atoms with Gasteiger partial charge in [0.15, 0.2) is 11.6 Å². The van der Waals surface area contributed by atoms with E-state index in [9.17, 15) is 8.42 Å². The fraction of sp³-hybridized carbons (Fsp3) is 0.227. The largest absolute Gasteiger partial charge is 0.497 e. The molecule has 0 saturated heterocycles. The quantitative estimate of drug-likeness (QED) is 0.499. The van der Waals surface area contributed by atoms with Gasteiger partial charge in [-0.3, -0.25) is 9.40 Å². The number of anilines is 2. The van der Waals surface area contributed by atoms with Crippen LogP contribution >= 0.6 is 0 Å². The van der Waals surface area contributed by atoms with E-state index in [1.54, 1.807) is 14.2 Å². The summed E-state index contributed by atoms with van der Waals surface area (Å²) < 4.78 is 35.4. The normalized spacial score (nSPS) is 13.8. The minimum atomic E-state index is -3.87. The summed E-state index contributed by atoms with van der Waals surface area (Å²) in [4.78, 5) is 11.5. The number of fused-ring (bicyclic) bond motifs is 2. The SMILES string of the molecule is COc1ccc2c(c1)CCN(c1nc3ccccc3nc1NS(=O)(=O)c1cnn(C)c1)C2. The summed E-state index contributed by atoms with van der Waals surface area (Å²) in [5, 5.41) is 3.97. The summed E-state index contributed by atoms with van der Waals surface area (Å²) in [7, 11) is -0.549. The molecule has 0 saturated carbocycles. The first-order valence-corrected chi connectivity index (χ1v) is 11.6. The Morgan fingerprint density at radius 2 is 1.84 bits per heavy atom. The van der Waals surface area contributed by atoms with Crippen molar-refractivity contribution >= 4 is 32.7 Å². The highest BCUT2D eigenvalue weighted by Crippen LogP contribution is 2.32. The van der Waals surface area contributed by atoms with Gasteiger partial charge in [0.1, 0.15) is 10.6 Å². The fourth-order valence-electron chi connectivity index (χ4n) is 3.84. The van der Waals surface area contributed by atoms with Crippen LogP contribution in [0.3, 0.4) is 0 Å². The summed E-state index contributed by atoms with van der Waals surface area (Å²) in [5.41, 5.74) is 3.68. The number of ether oxygens (including phenoxy) is 1. The monoisotopic (exact) mass is 450 g/mol. The van der Waals surface area contributed by atoms with Crippen molar-refractivity contribution in [3.05, 3.63) is 66.0 Å². The second-order valence-corrected chi connectivity index (χ2v) is 9.33. The molecular formula is C22H22N6O3S. The predicted octanol–water partition coefficient (Wildman–Crippen LogP) is 2.74.